The molecule has 1 aromatic carbocycles. The Morgan fingerprint density at radius 1 is 1.44 bits per heavy atom. The Balaban J connectivity index is 2.35. The van der Waals surface area contributed by atoms with Crippen LogP contribution in [-0.2, 0) is 11.2 Å². The van der Waals surface area contributed by atoms with Crippen LogP contribution in [0.25, 0.3) is 0 Å². The van der Waals surface area contributed by atoms with Gasteiger partial charge >= 0.3 is 0 Å². The van der Waals surface area contributed by atoms with Crippen molar-refractivity contribution in [3.05, 3.63) is 29.3 Å². The third-order valence-corrected chi connectivity index (χ3v) is 3.22. The predicted octanol–water partition coefficient (Wildman–Crippen LogP) is 3.13. The molecule has 16 heavy (non-hydrogen) atoms. The van der Waals surface area contributed by atoms with E-state index in [9.17, 15) is 4.79 Å². The first-order valence-corrected chi connectivity index (χ1v) is 5.92. The van der Waals surface area contributed by atoms with Crippen LogP contribution in [0.3, 0.4) is 0 Å². The summed E-state index contributed by atoms with van der Waals surface area (Å²) in [6.45, 7) is 4.75. The van der Waals surface area contributed by atoms with Crippen molar-refractivity contribution >= 4 is 16.8 Å². The van der Waals surface area contributed by atoms with Crippen molar-refractivity contribution in [3.8, 4) is 5.75 Å². The summed E-state index contributed by atoms with van der Waals surface area (Å²) in [6, 6.07) is 5.93. The van der Waals surface area contributed by atoms with Gasteiger partial charge in [-0.3, -0.25) is 4.79 Å². The summed E-state index contributed by atoms with van der Waals surface area (Å²) in [4.78, 5) is 11.4. The van der Waals surface area contributed by atoms with Gasteiger partial charge in [0.05, 0.1) is 12.5 Å². The number of hydrogen-bond acceptors (Lipinski definition) is 2. The Morgan fingerprint density at radius 2 is 2.19 bits per heavy atom. The second kappa shape index (κ2) is 4.46. The minimum absolute atomic E-state index is 0.213. The predicted molar refractivity (Wildman–Crippen MR) is 64.1 cm³/mol. The average molecular weight is 239 g/mol. The van der Waals surface area contributed by atoms with E-state index >= 15 is 0 Å². The minimum Gasteiger partial charge on any atom is -0.493 e. The third kappa shape index (κ3) is 2.07. The molecule has 0 saturated heterocycles. The van der Waals surface area contributed by atoms with Gasteiger partial charge in [-0.15, -0.1) is 0 Å². The zero-order valence-corrected chi connectivity index (χ0v) is 10.3. The van der Waals surface area contributed by atoms with Crippen molar-refractivity contribution in [2.75, 3.05) is 6.61 Å². The molecular formula is C13H15ClO2. The van der Waals surface area contributed by atoms with Gasteiger partial charge in [0.2, 0.25) is 5.24 Å². The van der Waals surface area contributed by atoms with E-state index in [1.165, 1.54) is 5.56 Å². The number of ether oxygens (including phenoxy) is 1. The number of hydrogen-bond donors (Lipinski definition) is 0. The average Bonchev–Trinajstić information content (AvgIpc) is 2.63. The quantitative estimate of drug-likeness (QED) is 0.757. The van der Waals surface area contributed by atoms with Gasteiger partial charge < -0.3 is 4.74 Å². The lowest BCUT2D eigenvalue weighted by molar-refractivity contribution is -0.113. The van der Waals surface area contributed by atoms with E-state index in [4.69, 9.17) is 16.3 Å². The lowest BCUT2D eigenvalue weighted by Gasteiger charge is -2.17. The van der Waals surface area contributed by atoms with Crippen LogP contribution in [0.2, 0.25) is 0 Å². The zero-order valence-electron chi connectivity index (χ0n) is 9.50. The number of halogens is 1. The molecule has 1 atom stereocenters. The lowest BCUT2D eigenvalue weighted by Crippen LogP contribution is -2.13. The summed E-state index contributed by atoms with van der Waals surface area (Å²) in [5.41, 5.74) is 2.18. The Kier molecular flexibility index (Phi) is 3.20. The number of fused-ring (bicyclic) bond motifs is 1. The maximum absolute atomic E-state index is 11.4. The molecule has 1 aliphatic rings. The summed E-state index contributed by atoms with van der Waals surface area (Å²) >= 11 is 5.65. The van der Waals surface area contributed by atoms with Crippen LogP contribution in [-0.4, -0.2) is 11.8 Å². The van der Waals surface area contributed by atoms with E-state index < -0.39 is 0 Å². The van der Waals surface area contributed by atoms with Crippen LogP contribution in [0.4, 0.5) is 0 Å². The summed E-state index contributed by atoms with van der Waals surface area (Å²) in [6.07, 6.45) is 0.921. The zero-order chi connectivity index (χ0) is 11.7. The van der Waals surface area contributed by atoms with E-state index in [-0.39, 0.29) is 17.1 Å². The van der Waals surface area contributed by atoms with Gasteiger partial charge in [-0.1, -0.05) is 26.0 Å². The molecule has 2 nitrogen and oxygen atoms in total. The number of carbonyl (C=O) groups is 1. The fraction of sp³-hybridized carbons (Fsp3) is 0.462. The maximum atomic E-state index is 11.4. The summed E-state index contributed by atoms with van der Waals surface area (Å²) < 4.78 is 5.44. The molecule has 0 aromatic heterocycles. The molecule has 0 N–H and O–H groups in total. The molecule has 0 amide bonds. The molecule has 0 saturated carbocycles. The fourth-order valence-electron chi connectivity index (χ4n) is 2.18. The van der Waals surface area contributed by atoms with Crippen LogP contribution in [0.1, 0.15) is 30.9 Å². The van der Waals surface area contributed by atoms with Crippen molar-refractivity contribution in [3.63, 3.8) is 0 Å². The van der Waals surface area contributed by atoms with Crippen molar-refractivity contribution < 1.29 is 9.53 Å². The Hall–Kier alpha value is -1.02. The van der Waals surface area contributed by atoms with Crippen LogP contribution in [0.15, 0.2) is 18.2 Å². The molecule has 0 bridgehead atoms. The molecule has 0 radical (unpaired) electrons. The van der Waals surface area contributed by atoms with Gasteiger partial charge in [-0.2, -0.15) is 0 Å². The van der Waals surface area contributed by atoms with Gasteiger partial charge in [0.15, 0.2) is 0 Å². The Labute approximate surface area is 101 Å². The second-order valence-corrected chi connectivity index (χ2v) is 4.86. The van der Waals surface area contributed by atoms with Gasteiger partial charge in [0.25, 0.3) is 0 Å². The van der Waals surface area contributed by atoms with Crippen LogP contribution >= 0.6 is 11.6 Å². The monoisotopic (exact) mass is 238 g/mol. The summed E-state index contributed by atoms with van der Waals surface area (Å²) in [5, 5.41) is -0.283. The van der Waals surface area contributed by atoms with E-state index in [0.29, 0.717) is 0 Å². The highest BCUT2D eigenvalue weighted by Crippen LogP contribution is 2.32. The molecule has 0 spiro atoms. The summed E-state index contributed by atoms with van der Waals surface area (Å²) in [7, 11) is 0. The molecule has 86 valence electrons. The Morgan fingerprint density at radius 3 is 2.81 bits per heavy atom. The third-order valence-electron chi connectivity index (χ3n) is 2.98. The number of carbonyl (C=O) groups excluding carboxylic acids is 1. The Bertz CT molecular complexity index is 412. The van der Waals surface area contributed by atoms with E-state index in [1.54, 1.807) is 0 Å². The van der Waals surface area contributed by atoms with Gasteiger partial charge in [0, 0.05) is 6.42 Å². The first-order valence-electron chi connectivity index (χ1n) is 5.54. The first-order chi connectivity index (χ1) is 7.59. The number of benzene rings is 1. The highest BCUT2D eigenvalue weighted by molar-refractivity contribution is 6.64. The SMILES string of the molecule is CC(C)C(C(=O)Cl)c1ccc2c(c1)CCO2. The molecule has 1 aliphatic heterocycles. The van der Waals surface area contributed by atoms with Crippen LogP contribution in [0.5, 0.6) is 5.75 Å². The fourth-order valence-corrected chi connectivity index (χ4v) is 2.56. The minimum atomic E-state index is -0.283. The molecule has 2 rings (SSSR count). The summed E-state index contributed by atoms with van der Waals surface area (Å²) in [5.74, 6) is 0.936. The molecule has 0 fully saturated rings. The van der Waals surface area contributed by atoms with Crippen molar-refractivity contribution in [2.45, 2.75) is 26.2 Å². The van der Waals surface area contributed by atoms with Gasteiger partial charge in [0.1, 0.15) is 5.75 Å². The van der Waals surface area contributed by atoms with Gasteiger partial charge in [-0.05, 0) is 34.7 Å². The lowest BCUT2D eigenvalue weighted by atomic mass is 9.88. The van der Waals surface area contributed by atoms with E-state index in [2.05, 4.69) is 0 Å². The largest absolute Gasteiger partial charge is 0.493 e. The first kappa shape index (κ1) is 11.5. The molecule has 0 aliphatic carbocycles. The molecular weight excluding hydrogens is 224 g/mol. The molecule has 1 unspecified atom stereocenters. The second-order valence-electron chi connectivity index (χ2n) is 4.49. The van der Waals surface area contributed by atoms with Crippen molar-refractivity contribution in [2.24, 2.45) is 5.92 Å². The van der Waals surface area contributed by atoms with Crippen LogP contribution < -0.4 is 4.74 Å². The number of rotatable bonds is 3. The molecule has 1 aromatic rings. The topological polar surface area (TPSA) is 26.3 Å². The van der Waals surface area contributed by atoms with Gasteiger partial charge in [-0.25, -0.2) is 0 Å². The molecule has 3 heteroatoms. The van der Waals surface area contributed by atoms with Crippen LogP contribution in [0, 0.1) is 5.92 Å². The maximum Gasteiger partial charge on any atom is 0.229 e. The molecule has 1 heterocycles. The van der Waals surface area contributed by atoms with E-state index in [0.717, 1.165) is 24.3 Å². The smallest absolute Gasteiger partial charge is 0.229 e. The van der Waals surface area contributed by atoms with E-state index in [1.807, 2.05) is 32.0 Å². The standard InChI is InChI=1S/C13H15ClO2/c1-8(2)12(13(14)15)10-3-4-11-9(7-10)5-6-16-11/h3-4,7-8,12H,5-6H2,1-2H3. The highest BCUT2D eigenvalue weighted by Gasteiger charge is 2.24. The van der Waals surface area contributed by atoms with Crippen molar-refractivity contribution in [1.82, 2.24) is 0 Å². The van der Waals surface area contributed by atoms with Crippen molar-refractivity contribution in [1.29, 1.82) is 0 Å². The normalized spacial score (nSPS) is 15.8. The highest BCUT2D eigenvalue weighted by atomic mass is 35.5.